The number of hydrogen-bond acceptors (Lipinski definition) is 4. The van der Waals surface area contributed by atoms with Gasteiger partial charge < -0.3 is 5.73 Å². The molecule has 2 aliphatic rings. The van der Waals surface area contributed by atoms with Crippen LogP contribution in [0.1, 0.15) is 30.5 Å². The van der Waals surface area contributed by atoms with E-state index in [1.807, 2.05) is 0 Å². The van der Waals surface area contributed by atoms with Crippen LogP contribution in [0.5, 0.6) is 0 Å². The Labute approximate surface area is 119 Å². The molecular weight excluding hydrogens is 266 g/mol. The van der Waals surface area contributed by atoms with E-state index in [4.69, 9.17) is 5.73 Å². The van der Waals surface area contributed by atoms with Crippen molar-refractivity contribution in [3.63, 3.8) is 0 Å². The topological polar surface area (TPSA) is 42.2 Å². The zero-order valence-electron chi connectivity index (χ0n) is 10.8. The summed E-state index contributed by atoms with van der Waals surface area (Å²) in [5, 5.41) is 3.48. The molecule has 0 spiro atoms. The Morgan fingerprint density at radius 1 is 1.44 bits per heavy atom. The van der Waals surface area contributed by atoms with E-state index in [1.54, 1.807) is 11.3 Å². The Morgan fingerprint density at radius 3 is 2.94 bits per heavy atom. The third-order valence-corrected chi connectivity index (χ3v) is 5.32. The largest absolute Gasteiger partial charge is 0.327 e. The first-order valence-electron chi connectivity index (χ1n) is 6.67. The van der Waals surface area contributed by atoms with Crippen molar-refractivity contribution in [2.75, 3.05) is 13.1 Å². The fraction of sp³-hybridized carbons (Fsp3) is 0.769. The van der Waals surface area contributed by atoms with Crippen LogP contribution in [0.15, 0.2) is 5.38 Å². The minimum Gasteiger partial charge on any atom is -0.327 e. The first kappa shape index (κ1) is 14.3. The van der Waals surface area contributed by atoms with Gasteiger partial charge in [-0.15, -0.1) is 23.7 Å². The molecule has 2 fully saturated rings. The highest BCUT2D eigenvalue weighted by atomic mass is 35.5. The van der Waals surface area contributed by atoms with Gasteiger partial charge in [0.1, 0.15) is 0 Å². The molecule has 3 rings (SSSR count). The van der Waals surface area contributed by atoms with Gasteiger partial charge in [-0.05, 0) is 31.1 Å². The molecule has 0 radical (unpaired) electrons. The number of fused-ring (bicyclic) bond motifs is 1. The highest BCUT2D eigenvalue weighted by molar-refractivity contribution is 7.09. The number of nitrogens with zero attached hydrogens (tertiary/aromatic N) is 2. The van der Waals surface area contributed by atoms with Crippen molar-refractivity contribution >= 4 is 23.7 Å². The lowest BCUT2D eigenvalue weighted by molar-refractivity contribution is 0.295. The van der Waals surface area contributed by atoms with Crippen LogP contribution in [0.4, 0.5) is 0 Å². The van der Waals surface area contributed by atoms with E-state index >= 15 is 0 Å². The number of rotatable bonds is 3. The Morgan fingerprint density at radius 2 is 2.28 bits per heavy atom. The number of thiazole rings is 1. The molecule has 1 aliphatic carbocycles. The van der Waals surface area contributed by atoms with E-state index in [0.29, 0.717) is 6.04 Å². The van der Waals surface area contributed by atoms with E-state index in [1.165, 1.54) is 36.6 Å². The molecule has 1 aromatic rings. The van der Waals surface area contributed by atoms with Crippen molar-refractivity contribution < 1.29 is 0 Å². The predicted octanol–water partition coefficient (Wildman–Crippen LogP) is 2.30. The van der Waals surface area contributed by atoms with Gasteiger partial charge in [0.2, 0.25) is 0 Å². The lowest BCUT2D eigenvalue weighted by atomic mass is 9.98. The Bertz CT molecular complexity index is 395. The van der Waals surface area contributed by atoms with Crippen LogP contribution < -0.4 is 5.73 Å². The third kappa shape index (κ3) is 2.72. The lowest BCUT2D eigenvalue weighted by Crippen LogP contribution is -2.30. The number of aryl methyl sites for hydroxylation is 1. The fourth-order valence-electron chi connectivity index (χ4n) is 3.34. The molecule has 2 heterocycles. The fourth-order valence-corrected chi connectivity index (χ4v) is 4.08. The van der Waals surface area contributed by atoms with Crippen LogP contribution in [0.25, 0.3) is 0 Å². The van der Waals surface area contributed by atoms with Crippen LogP contribution in [0.2, 0.25) is 0 Å². The summed E-state index contributed by atoms with van der Waals surface area (Å²) in [6, 6.07) is 0.451. The molecule has 3 nitrogen and oxygen atoms in total. The molecular formula is C13H22ClN3S. The van der Waals surface area contributed by atoms with Gasteiger partial charge in [0.15, 0.2) is 0 Å². The Balaban J connectivity index is 0.00000120. The SMILES string of the molecule is CCc1nc(CN2CC3CCC(N)C3C2)cs1.Cl. The highest BCUT2D eigenvalue weighted by Gasteiger charge is 2.40. The summed E-state index contributed by atoms with van der Waals surface area (Å²) >= 11 is 1.79. The van der Waals surface area contributed by atoms with Crippen molar-refractivity contribution in [3.05, 3.63) is 16.1 Å². The van der Waals surface area contributed by atoms with Gasteiger partial charge in [0, 0.05) is 31.1 Å². The maximum Gasteiger partial charge on any atom is 0.0926 e. The van der Waals surface area contributed by atoms with Crippen LogP contribution >= 0.6 is 23.7 Å². The van der Waals surface area contributed by atoms with Gasteiger partial charge in [0.25, 0.3) is 0 Å². The van der Waals surface area contributed by atoms with Gasteiger partial charge in [-0.1, -0.05) is 6.92 Å². The third-order valence-electron chi connectivity index (χ3n) is 4.28. The molecule has 0 aromatic carbocycles. The molecule has 0 amide bonds. The number of likely N-dealkylation sites (tertiary alicyclic amines) is 1. The monoisotopic (exact) mass is 287 g/mol. The minimum atomic E-state index is 0. The normalized spacial score (nSPS) is 31.3. The summed E-state index contributed by atoms with van der Waals surface area (Å²) in [5.74, 6) is 1.61. The van der Waals surface area contributed by atoms with Crippen LogP contribution in [-0.4, -0.2) is 29.0 Å². The summed E-state index contributed by atoms with van der Waals surface area (Å²) < 4.78 is 0. The van der Waals surface area contributed by atoms with Crippen molar-refractivity contribution in [2.24, 2.45) is 17.6 Å². The van der Waals surface area contributed by atoms with Crippen molar-refractivity contribution in [2.45, 2.75) is 38.8 Å². The average Bonchev–Trinajstić information content (AvgIpc) is 2.98. The number of aromatic nitrogens is 1. The van der Waals surface area contributed by atoms with Gasteiger partial charge in [-0.2, -0.15) is 0 Å². The summed E-state index contributed by atoms with van der Waals surface area (Å²) in [6.07, 6.45) is 3.63. The van der Waals surface area contributed by atoms with Gasteiger partial charge >= 0.3 is 0 Å². The lowest BCUT2D eigenvalue weighted by Gasteiger charge is -2.16. The van der Waals surface area contributed by atoms with Crippen molar-refractivity contribution in [1.29, 1.82) is 0 Å². The van der Waals surface area contributed by atoms with E-state index in [2.05, 4.69) is 22.2 Å². The van der Waals surface area contributed by atoms with Crippen LogP contribution in [0, 0.1) is 11.8 Å². The number of halogens is 1. The summed E-state index contributed by atoms with van der Waals surface area (Å²) in [5.41, 5.74) is 7.41. The van der Waals surface area contributed by atoms with E-state index in [0.717, 1.165) is 24.8 Å². The molecule has 1 aliphatic heterocycles. The molecule has 102 valence electrons. The maximum atomic E-state index is 6.16. The average molecular weight is 288 g/mol. The standard InChI is InChI=1S/C13H21N3S.ClH/c1-2-13-15-10(8-17-13)6-16-5-9-3-4-12(14)11(9)7-16;/h8-9,11-12H,2-7,14H2,1H3;1H. The van der Waals surface area contributed by atoms with Crippen molar-refractivity contribution in [1.82, 2.24) is 9.88 Å². The Kier molecular flexibility index (Phi) is 4.64. The molecule has 1 saturated heterocycles. The molecule has 1 aromatic heterocycles. The van der Waals surface area contributed by atoms with Gasteiger partial charge in [-0.3, -0.25) is 4.90 Å². The van der Waals surface area contributed by atoms with Crippen LogP contribution in [-0.2, 0) is 13.0 Å². The quantitative estimate of drug-likeness (QED) is 0.927. The molecule has 5 heteroatoms. The molecule has 0 bridgehead atoms. The molecule has 3 atom stereocenters. The van der Waals surface area contributed by atoms with Crippen LogP contribution in [0.3, 0.4) is 0 Å². The van der Waals surface area contributed by atoms with E-state index < -0.39 is 0 Å². The second-order valence-electron chi connectivity index (χ2n) is 5.45. The first-order chi connectivity index (χ1) is 8.26. The number of nitrogens with two attached hydrogens (primary N) is 1. The molecule has 2 N–H and O–H groups in total. The summed E-state index contributed by atoms with van der Waals surface area (Å²) in [6.45, 7) is 5.61. The minimum absolute atomic E-state index is 0. The first-order valence-corrected chi connectivity index (χ1v) is 7.55. The highest BCUT2D eigenvalue weighted by Crippen LogP contribution is 2.37. The van der Waals surface area contributed by atoms with Gasteiger partial charge in [0.05, 0.1) is 10.7 Å². The Hall–Kier alpha value is -0.160. The van der Waals surface area contributed by atoms with E-state index in [9.17, 15) is 0 Å². The predicted molar refractivity (Wildman–Crippen MR) is 78.2 cm³/mol. The second kappa shape index (κ2) is 5.87. The molecule has 18 heavy (non-hydrogen) atoms. The van der Waals surface area contributed by atoms with E-state index in [-0.39, 0.29) is 12.4 Å². The summed E-state index contributed by atoms with van der Waals surface area (Å²) in [7, 11) is 0. The van der Waals surface area contributed by atoms with Crippen molar-refractivity contribution in [3.8, 4) is 0 Å². The zero-order chi connectivity index (χ0) is 11.8. The maximum absolute atomic E-state index is 6.16. The molecule has 3 unspecified atom stereocenters. The van der Waals surface area contributed by atoms with Gasteiger partial charge in [-0.25, -0.2) is 4.98 Å². The second-order valence-corrected chi connectivity index (χ2v) is 6.39. The molecule has 1 saturated carbocycles. The smallest absolute Gasteiger partial charge is 0.0926 e. The summed E-state index contributed by atoms with van der Waals surface area (Å²) in [4.78, 5) is 7.20. The number of hydrogen-bond donors (Lipinski definition) is 1. The zero-order valence-corrected chi connectivity index (χ0v) is 12.5.